The van der Waals surface area contributed by atoms with E-state index in [1.807, 2.05) is 36.4 Å². The highest BCUT2D eigenvalue weighted by Crippen LogP contribution is 2.35. The lowest BCUT2D eigenvalue weighted by Crippen LogP contribution is -2.68. The molecule has 0 atom stereocenters. The Labute approximate surface area is 173 Å². The number of aromatic nitrogens is 2. The molecule has 0 aliphatic carbocycles. The zero-order chi connectivity index (χ0) is 21.0. The minimum absolute atomic E-state index is 0.839. The number of hydrogen-bond acceptors (Lipinski definition) is 7. The third-order valence-corrected chi connectivity index (χ3v) is 5.07. The molecule has 2 heterocycles. The monoisotopic (exact) mass is 432 g/mol. The van der Waals surface area contributed by atoms with Crippen LogP contribution in [-0.2, 0) is 0 Å². The molecule has 9 heteroatoms. The van der Waals surface area contributed by atoms with E-state index in [0.717, 1.165) is 38.2 Å². The zero-order valence-electron chi connectivity index (χ0n) is 15.6. The SMILES string of the molecule is COc1c(-c2ccccc2)sc2nc(-c3ccccc3)cc(C)[n+]12.[O-][Cl+3]([O-])([O-])[O-]. The van der Waals surface area contributed by atoms with E-state index in [9.17, 15) is 0 Å². The number of hydrogen-bond donors (Lipinski definition) is 0. The molecule has 4 aromatic rings. The van der Waals surface area contributed by atoms with E-state index < -0.39 is 10.2 Å². The van der Waals surface area contributed by atoms with Crippen LogP contribution in [0.3, 0.4) is 0 Å². The summed E-state index contributed by atoms with van der Waals surface area (Å²) in [7, 11) is -3.23. The summed E-state index contributed by atoms with van der Waals surface area (Å²) in [6.45, 7) is 2.09. The number of ether oxygens (including phenoxy) is 1. The fourth-order valence-electron chi connectivity index (χ4n) is 2.86. The molecule has 0 N–H and O–H groups in total. The summed E-state index contributed by atoms with van der Waals surface area (Å²) < 4.78 is 41.8. The molecule has 0 saturated carbocycles. The lowest BCUT2D eigenvalue weighted by atomic mass is 10.1. The highest BCUT2D eigenvalue weighted by atomic mass is 35.7. The van der Waals surface area contributed by atoms with Crippen LogP contribution in [0.2, 0.25) is 0 Å². The Bertz CT molecular complexity index is 1090. The van der Waals surface area contributed by atoms with E-state index >= 15 is 0 Å². The molecule has 0 radical (unpaired) electrons. The van der Waals surface area contributed by atoms with Crippen molar-refractivity contribution in [3.05, 3.63) is 72.4 Å². The maximum Gasteiger partial charge on any atom is 0.391 e. The number of fused-ring (bicyclic) bond motifs is 1. The summed E-state index contributed by atoms with van der Waals surface area (Å²) in [5, 5.41) is 0. The van der Waals surface area contributed by atoms with Crippen molar-refractivity contribution in [2.75, 3.05) is 7.11 Å². The standard InChI is InChI=1S/C20H17N2OS.ClHO4/c1-14-13-17(15-9-5-3-6-10-15)21-20-22(14)19(23-2)18(24-20)16-11-7-4-8-12-16;2-1(3,4)5/h3-13H,1-2H3;(H,2,3,4,5)/q+1;/p-1. The van der Waals surface area contributed by atoms with Crippen LogP contribution < -0.4 is 27.8 Å². The van der Waals surface area contributed by atoms with Gasteiger partial charge < -0.3 is 4.74 Å². The van der Waals surface area contributed by atoms with E-state index in [-0.39, 0.29) is 0 Å². The molecule has 0 fully saturated rings. The predicted molar refractivity (Wildman–Crippen MR) is 97.4 cm³/mol. The van der Waals surface area contributed by atoms with Gasteiger partial charge in [0.05, 0.1) is 7.11 Å². The summed E-state index contributed by atoms with van der Waals surface area (Å²) in [4.78, 5) is 6.89. The molecule has 7 nitrogen and oxygen atoms in total. The third kappa shape index (κ3) is 5.27. The Morgan fingerprint density at radius 1 is 0.897 bits per heavy atom. The molecule has 0 aliphatic rings. The molecule has 4 rings (SSSR count). The van der Waals surface area contributed by atoms with Crippen LogP contribution in [0.4, 0.5) is 0 Å². The molecule has 2 aromatic carbocycles. The Balaban J connectivity index is 0.000000431. The first kappa shape index (κ1) is 21.1. The normalized spacial score (nSPS) is 11.1. The van der Waals surface area contributed by atoms with Crippen LogP contribution in [0, 0.1) is 17.2 Å². The number of benzene rings is 2. The Morgan fingerprint density at radius 3 is 1.93 bits per heavy atom. The van der Waals surface area contributed by atoms with Crippen LogP contribution in [-0.4, -0.2) is 12.1 Å². The van der Waals surface area contributed by atoms with Crippen molar-refractivity contribution < 1.29 is 38.0 Å². The Morgan fingerprint density at radius 2 is 1.41 bits per heavy atom. The van der Waals surface area contributed by atoms with E-state index in [0.29, 0.717) is 0 Å². The average Bonchev–Trinajstić information content (AvgIpc) is 3.07. The molecule has 150 valence electrons. The fourth-order valence-corrected chi connectivity index (χ4v) is 4.02. The first-order valence-corrected chi connectivity index (χ1v) is 10.5. The molecule has 0 aliphatic heterocycles. The van der Waals surface area contributed by atoms with E-state index in [2.05, 4.69) is 41.7 Å². The van der Waals surface area contributed by atoms with E-state index in [1.165, 1.54) is 0 Å². The van der Waals surface area contributed by atoms with Gasteiger partial charge in [0.1, 0.15) is 10.6 Å². The van der Waals surface area contributed by atoms with Gasteiger partial charge in [0, 0.05) is 11.6 Å². The number of methoxy groups -OCH3 is 1. The molecule has 0 bridgehead atoms. The number of rotatable bonds is 3. The Kier molecular flexibility index (Phi) is 6.43. The lowest BCUT2D eigenvalue weighted by molar-refractivity contribution is -2.00. The Hall–Kier alpha value is -2.59. The molecular weight excluding hydrogens is 416 g/mol. The molecule has 0 saturated heterocycles. The number of aryl methyl sites for hydroxylation is 1. The van der Waals surface area contributed by atoms with Crippen molar-refractivity contribution in [2.24, 2.45) is 0 Å². The second-order valence-corrected chi connectivity index (χ2v) is 7.68. The van der Waals surface area contributed by atoms with Gasteiger partial charge in [-0.25, -0.2) is 18.6 Å². The quantitative estimate of drug-likeness (QED) is 0.413. The second-order valence-electron chi connectivity index (χ2n) is 5.95. The van der Waals surface area contributed by atoms with Gasteiger partial charge in [-0.05, 0) is 28.8 Å². The summed E-state index contributed by atoms with van der Waals surface area (Å²) in [5.74, 6) is 0.839. The molecule has 0 amide bonds. The van der Waals surface area contributed by atoms with Gasteiger partial charge in [-0.15, -0.1) is 10.2 Å². The number of nitrogens with zero attached hydrogens (tertiary/aromatic N) is 2. The predicted octanol–water partition coefficient (Wildman–Crippen LogP) is -0.223. The summed E-state index contributed by atoms with van der Waals surface area (Å²) in [5.41, 5.74) is 4.35. The van der Waals surface area contributed by atoms with Gasteiger partial charge in [-0.3, -0.25) is 0 Å². The topological polar surface area (TPSA) is 118 Å². The fraction of sp³-hybridized carbons (Fsp3) is 0.100. The molecular formula is C20H17ClN2O5S. The maximum atomic E-state index is 8.49. The zero-order valence-corrected chi connectivity index (χ0v) is 17.1. The lowest BCUT2D eigenvalue weighted by Gasteiger charge is -2.17. The van der Waals surface area contributed by atoms with E-state index in [1.54, 1.807) is 18.4 Å². The van der Waals surface area contributed by atoms with Crippen LogP contribution in [0.15, 0.2) is 66.7 Å². The smallest absolute Gasteiger partial charge is 0.391 e. The maximum absolute atomic E-state index is 8.49. The van der Waals surface area contributed by atoms with Crippen molar-refractivity contribution in [3.63, 3.8) is 0 Å². The van der Waals surface area contributed by atoms with Crippen molar-refractivity contribution in [1.82, 2.24) is 4.98 Å². The minimum Gasteiger partial charge on any atom is -0.464 e. The third-order valence-electron chi connectivity index (χ3n) is 4.00. The van der Waals surface area contributed by atoms with Gasteiger partial charge in [0.25, 0.3) is 0 Å². The largest absolute Gasteiger partial charge is 0.464 e. The highest BCUT2D eigenvalue weighted by Gasteiger charge is 2.25. The van der Waals surface area contributed by atoms with Crippen molar-refractivity contribution in [2.45, 2.75) is 6.92 Å². The van der Waals surface area contributed by atoms with Gasteiger partial charge in [0.2, 0.25) is 0 Å². The van der Waals surface area contributed by atoms with Gasteiger partial charge in [-0.2, -0.15) is 4.40 Å². The summed E-state index contributed by atoms with van der Waals surface area (Å²) in [6, 6.07) is 22.7. The van der Waals surface area contributed by atoms with Crippen molar-refractivity contribution >= 4 is 16.3 Å². The minimum atomic E-state index is -4.94. The number of thiazole rings is 1. The van der Waals surface area contributed by atoms with Crippen LogP contribution >= 0.6 is 11.3 Å². The van der Waals surface area contributed by atoms with Crippen LogP contribution in [0.25, 0.3) is 26.7 Å². The first-order chi connectivity index (χ1) is 13.8. The van der Waals surface area contributed by atoms with Gasteiger partial charge in [-0.1, -0.05) is 60.7 Å². The number of halogens is 1. The highest BCUT2D eigenvalue weighted by molar-refractivity contribution is 7.20. The molecule has 0 unspecified atom stereocenters. The van der Waals surface area contributed by atoms with Gasteiger partial charge in [0.15, 0.2) is 5.69 Å². The van der Waals surface area contributed by atoms with E-state index in [4.69, 9.17) is 28.4 Å². The second kappa shape index (κ2) is 8.83. The summed E-state index contributed by atoms with van der Waals surface area (Å²) >= 11 is 1.65. The summed E-state index contributed by atoms with van der Waals surface area (Å²) in [6.07, 6.45) is 0. The molecule has 0 spiro atoms. The van der Waals surface area contributed by atoms with Crippen molar-refractivity contribution in [3.8, 4) is 27.6 Å². The molecule has 29 heavy (non-hydrogen) atoms. The first-order valence-electron chi connectivity index (χ1n) is 8.40. The average molecular weight is 433 g/mol. The van der Waals surface area contributed by atoms with Crippen LogP contribution in [0.1, 0.15) is 5.69 Å². The van der Waals surface area contributed by atoms with Gasteiger partial charge >= 0.3 is 10.8 Å². The van der Waals surface area contributed by atoms with Crippen molar-refractivity contribution in [1.29, 1.82) is 0 Å². The van der Waals surface area contributed by atoms with Crippen LogP contribution in [0.5, 0.6) is 5.88 Å². The molecule has 2 aromatic heterocycles.